The molecular formula is C18H18F2N2O3S. The van der Waals surface area contributed by atoms with E-state index in [0.717, 1.165) is 0 Å². The van der Waals surface area contributed by atoms with Crippen LogP contribution in [0.15, 0.2) is 45.3 Å². The summed E-state index contributed by atoms with van der Waals surface area (Å²) in [5, 5.41) is 2.05. The lowest BCUT2D eigenvalue weighted by molar-refractivity contribution is -0.0244. The molecule has 26 heavy (non-hydrogen) atoms. The standard InChI is InChI=1S/C18H18F2N2O3S/c1-12-10-26-16-14(12)15(23)22(17(24)21(16)8-9-25-2)11-18(19,20)13-6-4-3-5-7-13/h3-7,10H,8-9,11H2,1-2H3. The number of halogens is 2. The summed E-state index contributed by atoms with van der Waals surface area (Å²) in [5.41, 5.74) is -1.01. The van der Waals surface area contributed by atoms with Gasteiger partial charge in [0.25, 0.3) is 11.5 Å². The van der Waals surface area contributed by atoms with Gasteiger partial charge in [0.1, 0.15) is 4.83 Å². The van der Waals surface area contributed by atoms with E-state index in [1.165, 1.54) is 47.3 Å². The second-order valence-electron chi connectivity index (χ2n) is 5.99. The zero-order chi connectivity index (χ0) is 18.9. The summed E-state index contributed by atoms with van der Waals surface area (Å²) in [7, 11) is 1.49. The molecule has 0 fully saturated rings. The molecule has 3 rings (SSSR count). The van der Waals surface area contributed by atoms with Gasteiger partial charge in [0.15, 0.2) is 0 Å². The minimum atomic E-state index is -3.35. The zero-order valence-electron chi connectivity index (χ0n) is 14.4. The SMILES string of the molecule is COCCn1c(=O)n(CC(F)(F)c2ccccc2)c(=O)c2c(C)csc21. The predicted molar refractivity (Wildman–Crippen MR) is 97.3 cm³/mol. The van der Waals surface area contributed by atoms with Gasteiger partial charge in [-0.2, -0.15) is 8.78 Å². The Bertz CT molecular complexity index is 1040. The minimum Gasteiger partial charge on any atom is -0.383 e. The van der Waals surface area contributed by atoms with Crippen LogP contribution in [0.5, 0.6) is 0 Å². The predicted octanol–water partition coefficient (Wildman–Crippen LogP) is 2.97. The Morgan fingerprint density at radius 3 is 2.50 bits per heavy atom. The molecule has 0 atom stereocenters. The third-order valence-corrected chi connectivity index (χ3v) is 5.31. The maximum Gasteiger partial charge on any atom is 0.332 e. The number of fused-ring (bicyclic) bond motifs is 1. The summed E-state index contributed by atoms with van der Waals surface area (Å²) < 4.78 is 36.3. The molecule has 138 valence electrons. The molecular weight excluding hydrogens is 362 g/mol. The Morgan fingerprint density at radius 2 is 1.85 bits per heavy atom. The number of aromatic nitrogens is 2. The van der Waals surface area contributed by atoms with Gasteiger partial charge in [0.2, 0.25) is 0 Å². The molecule has 0 aliphatic rings. The van der Waals surface area contributed by atoms with Crippen LogP contribution < -0.4 is 11.2 Å². The van der Waals surface area contributed by atoms with Crippen molar-refractivity contribution in [3.8, 4) is 0 Å². The Hall–Kier alpha value is -2.32. The van der Waals surface area contributed by atoms with Crippen LogP contribution in [0.3, 0.4) is 0 Å². The van der Waals surface area contributed by atoms with E-state index in [2.05, 4.69) is 0 Å². The summed E-state index contributed by atoms with van der Waals surface area (Å²) in [6.45, 7) is 1.14. The van der Waals surface area contributed by atoms with E-state index in [4.69, 9.17) is 4.74 Å². The smallest absolute Gasteiger partial charge is 0.332 e. The fourth-order valence-electron chi connectivity index (χ4n) is 2.83. The number of hydrogen-bond acceptors (Lipinski definition) is 4. The van der Waals surface area contributed by atoms with Crippen LogP contribution in [0.4, 0.5) is 8.78 Å². The highest BCUT2D eigenvalue weighted by molar-refractivity contribution is 7.17. The minimum absolute atomic E-state index is 0.184. The van der Waals surface area contributed by atoms with Crippen molar-refractivity contribution in [3.05, 3.63) is 67.7 Å². The molecule has 0 radical (unpaired) electrons. The molecule has 2 aromatic heterocycles. The molecule has 2 heterocycles. The van der Waals surface area contributed by atoms with Crippen LogP contribution in [-0.4, -0.2) is 22.9 Å². The monoisotopic (exact) mass is 380 g/mol. The first kappa shape index (κ1) is 18.5. The van der Waals surface area contributed by atoms with Gasteiger partial charge >= 0.3 is 5.69 Å². The first-order chi connectivity index (χ1) is 12.4. The lowest BCUT2D eigenvalue weighted by Crippen LogP contribution is -2.43. The highest BCUT2D eigenvalue weighted by atomic mass is 32.1. The van der Waals surface area contributed by atoms with E-state index in [1.54, 1.807) is 18.4 Å². The van der Waals surface area contributed by atoms with E-state index in [-0.39, 0.29) is 18.7 Å². The highest BCUT2D eigenvalue weighted by Crippen LogP contribution is 2.29. The van der Waals surface area contributed by atoms with Gasteiger partial charge in [-0.25, -0.2) is 4.79 Å². The lowest BCUT2D eigenvalue weighted by atomic mass is 10.1. The van der Waals surface area contributed by atoms with Crippen molar-refractivity contribution in [1.29, 1.82) is 0 Å². The molecule has 0 amide bonds. The number of rotatable bonds is 6. The van der Waals surface area contributed by atoms with E-state index < -0.39 is 23.7 Å². The molecule has 1 aromatic carbocycles. The van der Waals surface area contributed by atoms with Crippen LogP contribution in [0, 0.1) is 6.92 Å². The maximum atomic E-state index is 14.7. The summed E-state index contributed by atoms with van der Waals surface area (Å²) in [5.74, 6) is -3.35. The van der Waals surface area contributed by atoms with Crippen molar-refractivity contribution in [3.63, 3.8) is 0 Å². The summed E-state index contributed by atoms with van der Waals surface area (Å²) >= 11 is 1.25. The van der Waals surface area contributed by atoms with Gasteiger partial charge in [-0.15, -0.1) is 11.3 Å². The first-order valence-electron chi connectivity index (χ1n) is 8.00. The van der Waals surface area contributed by atoms with E-state index in [0.29, 0.717) is 20.3 Å². The average molecular weight is 380 g/mol. The van der Waals surface area contributed by atoms with E-state index >= 15 is 0 Å². The van der Waals surface area contributed by atoms with Gasteiger partial charge in [-0.3, -0.25) is 13.9 Å². The molecule has 8 heteroatoms. The third kappa shape index (κ3) is 3.22. The van der Waals surface area contributed by atoms with Crippen LogP contribution in [0.1, 0.15) is 11.1 Å². The highest BCUT2D eigenvalue weighted by Gasteiger charge is 2.34. The summed E-state index contributed by atoms with van der Waals surface area (Å²) in [4.78, 5) is 26.0. The van der Waals surface area contributed by atoms with Crippen molar-refractivity contribution >= 4 is 21.6 Å². The number of aryl methyl sites for hydroxylation is 1. The average Bonchev–Trinajstić information content (AvgIpc) is 3.01. The van der Waals surface area contributed by atoms with Gasteiger partial charge < -0.3 is 4.74 Å². The number of hydrogen-bond donors (Lipinski definition) is 0. The van der Waals surface area contributed by atoms with Crippen LogP contribution >= 0.6 is 11.3 Å². The molecule has 0 spiro atoms. The molecule has 0 saturated heterocycles. The van der Waals surface area contributed by atoms with Crippen molar-refractivity contribution in [2.24, 2.45) is 0 Å². The third-order valence-electron chi connectivity index (χ3n) is 4.19. The van der Waals surface area contributed by atoms with Crippen LogP contribution in [0.25, 0.3) is 10.2 Å². The molecule has 0 unspecified atom stereocenters. The number of methoxy groups -OCH3 is 1. The zero-order valence-corrected chi connectivity index (χ0v) is 15.2. The van der Waals surface area contributed by atoms with Gasteiger partial charge in [0, 0.05) is 12.7 Å². The molecule has 0 N–H and O–H groups in total. The summed E-state index contributed by atoms with van der Waals surface area (Å²) in [6.07, 6.45) is 0. The molecule has 3 aromatic rings. The topological polar surface area (TPSA) is 53.2 Å². The van der Waals surface area contributed by atoms with Gasteiger partial charge in [0.05, 0.1) is 25.1 Å². The lowest BCUT2D eigenvalue weighted by Gasteiger charge is -2.19. The molecule has 0 aliphatic heterocycles. The molecule has 0 bridgehead atoms. The number of nitrogens with zero attached hydrogens (tertiary/aromatic N) is 2. The Balaban J connectivity index is 2.18. The molecule has 0 saturated carbocycles. The quantitative estimate of drug-likeness (QED) is 0.661. The van der Waals surface area contributed by atoms with Crippen LogP contribution in [-0.2, 0) is 23.7 Å². The maximum absolute atomic E-state index is 14.7. The van der Waals surface area contributed by atoms with E-state index in [1.807, 2.05) is 0 Å². The number of ether oxygens (including phenoxy) is 1. The Kier molecular flexibility index (Phi) is 5.06. The van der Waals surface area contributed by atoms with Crippen molar-refractivity contribution in [1.82, 2.24) is 9.13 Å². The first-order valence-corrected chi connectivity index (χ1v) is 8.88. The Morgan fingerprint density at radius 1 is 1.15 bits per heavy atom. The molecule has 0 aliphatic carbocycles. The molecule has 5 nitrogen and oxygen atoms in total. The van der Waals surface area contributed by atoms with Crippen molar-refractivity contribution in [2.45, 2.75) is 25.9 Å². The van der Waals surface area contributed by atoms with Crippen molar-refractivity contribution in [2.75, 3.05) is 13.7 Å². The largest absolute Gasteiger partial charge is 0.383 e. The number of benzene rings is 1. The Labute approximate surface area is 152 Å². The fraction of sp³-hybridized carbons (Fsp3) is 0.333. The number of alkyl halides is 2. The van der Waals surface area contributed by atoms with Gasteiger partial charge in [-0.05, 0) is 17.9 Å². The number of thiophene rings is 1. The normalized spacial score (nSPS) is 12.0. The summed E-state index contributed by atoms with van der Waals surface area (Å²) in [6, 6.07) is 7.18. The van der Waals surface area contributed by atoms with Gasteiger partial charge in [-0.1, -0.05) is 30.3 Å². The fourth-order valence-corrected chi connectivity index (χ4v) is 3.90. The second-order valence-corrected chi connectivity index (χ2v) is 6.85. The van der Waals surface area contributed by atoms with E-state index in [9.17, 15) is 18.4 Å². The van der Waals surface area contributed by atoms with Crippen molar-refractivity contribution < 1.29 is 13.5 Å². The van der Waals surface area contributed by atoms with Crippen LogP contribution in [0.2, 0.25) is 0 Å². The second kappa shape index (κ2) is 7.13.